The lowest BCUT2D eigenvalue weighted by atomic mass is 10.0. The number of para-hydroxylation sites is 1. The highest BCUT2D eigenvalue weighted by molar-refractivity contribution is 5.81. The number of allylic oxidation sites excluding steroid dienone is 5. The number of nitrogens with zero attached hydrogens (tertiary/aromatic N) is 1. The molecule has 0 aromatic heterocycles. The van der Waals surface area contributed by atoms with Crippen molar-refractivity contribution in [3.05, 3.63) is 120 Å². The number of anilines is 3. The van der Waals surface area contributed by atoms with E-state index in [9.17, 15) is 0 Å². The molecule has 0 unspecified atom stereocenters. The second-order valence-corrected chi connectivity index (χ2v) is 6.87. The minimum atomic E-state index is 1.14. The first kappa shape index (κ1) is 19.4. The fourth-order valence-electron chi connectivity index (χ4n) is 3.37. The molecule has 0 radical (unpaired) electrons. The molecule has 0 bridgehead atoms. The molecule has 1 heteroatoms. The molecule has 0 aliphatic carbocycles. The monoisotopic (exact) mass is 365 g/mol. The van der Waals surface area contributed by atoms with Crippen LogP contribution >= 0.6 is 0 Å². The van der Waals surface area contributed by atoms with Gasteiger partial charge in [0.1, 0.15) is 0 Å². The van der Waals surface area contributed by atoms with E-state index >= 15 is 0 Å². The highest BCUT2D eigenvalue weighted by Gasteiger charge is 2.14. The molecule has 0 saturated carbocycles. The molecule has 0 aliphatic rings. The zero-order valence-corrected chi connectivity index (χ0v) is 16.9. The molecule has 0 aliphatic heterocycles. The van der Waals surface area contributed by atoms with Crippen LogP contribution in [0.15, 0.2) is 104 Å². The van der Waals surface area contributed by atoms with E-state index in [-0.39, 0.29) is 0 Å². The lowest BCUT2D eigenvalue weighted by Crippen LogP contribution is -2.11. The highest BCUT2D eigenvalue weighted by Crippen LogP contribution is 2.37. The molecule has 0 saturated heterocycles. The molecule has 3 aromatic carbocycles. The first-order chi connectivity index (χ1) is 13.6. The van der Waals surface area contributed by atoms with Crippen LogP contribution in [0.4, 0.5) is 17.1 Å². The zero-order valence-electron chi connectivity index (χ0n) is 16.9. The van der Waals surface area contributed by atoms with Crippen LogP contribution in [0.5, 0.6) is 0 Å². The third-order valence-corrected chi connectivity index (χ3v) is 4.72. The van der Waals surface area contributed by atoms with E-state index in [1.54, 1.807) is 0 Å². The lowest BCUT2D eigenvalue weighted by Gasteiger charge is -2.27. The second kappa shape index (κ2) is 9.05. The molecule has 140 valence electrons. The van der Waals surface area contributed by atoms with Crippen molar-refractivity contribution >= 4 is 22.6 Å². The van der Waals surface area contributed by atoms with Gasteiger partial charge in [-0.15, -0.1) is 0 Å². The van der Waals surface area contributed by atoms with Crippen LogP contribution in [0, 0.1) is 13.8 Å². The summed E-state index contributed by atoms with van der Waals surface area (Å²) in [5.41, 5.74) is 8.32. The molecule has 0 spiro atoms. The predicted molar refractivity (Wildman–Crippen MR) is 124 cm³/mol. The summed E-state index contributed by atoms with van der Waals surface area (Å²) in [6.45, 7) is 10.2. The number of rotatable bonds is 6. The molecular weight excluding hydrogens is 338 g/mol. The van der Waals surface area contributed by atoms with Crippen molar-refractivity contribution in [3.8, 4) is 0 Å². The van der Waals surface area contributed by atoms with Crippen molar-refractivity contribution < 1.29 is 0 Å². The van der Waals surface area contributed by atoms with Gasteiger partial charge in [-0.2, -0.15) is 0 Å². The fourth-order valence-corrected chi connectivity index (χ4v) is 3.37. The number of aryl methyl sites for hydroxylation is 2. The van der Waals surface area contributed by atoms with Crippen molar-refractivity contribution in [2.24, 2.45) is 0 Å². The molecule has 0 heterocycles. The lowest BCUT2D eigenvalue weighted by molar-refractivity contribution is 1.24. The SMILES string of the molecule is C=C/C=C(\C=C/C)c1ccc(N(c2cccc(C)c2)c2ccccc2C)cc1. The molecule has 0 amide bonds. The smallest absolute Gasteiger partial charge is 0.0490 e. The maximum atomic E-state index is 3.83. The zero-order chi connectivity index (χ0) is 19.9. The summed E-state index contributed by atoms with van der Waals surface area (Å²) in [5.74, 6) is 0. The third kappa shape index (κ3) is 4.32. The largest absolute Gasteiger partial charge is 0.310 e. The van der Waals surface area contributed by atoms with Gasteiger partial charge in [-0.1, -0.05) is 73.3 Å². The van der Waals surface area contributed by atoms with Gasteiger partial charge < -0.3 is 4.90 Å². The molecule has 3 rings (SSSR count). The maximum Gasteiger partial charge on any atom is 0.0490 e. The van der Waals surface area contributed by atoms with Gasteiger partial charge in [-0.05, 0) is 73.4 Å². The van der Waals surface area contributed by atoms with E-state index in [0.717, 1.165) is 16.9 Å². The normalized spacial score (nSPS) is 11.6. The minimum absolute atomic E-state index is 1.14. The summed E-state index contributed by atoms with van der Waals surface area (Å²) in [6.07, 6.45) is 8.02. The first-order valence-electron chi connectivity index (χ1n) is 9.62. The second-order valence-electron chi connectivity index (χ2n) is 6.87. The molecule has 0 N–H and O–H groups in total. The predicted octanol–water partition coefficient (Wildman–Crippen LogP) is 7.92. The Morgan fingerprint density at radius 2 is 1.61 bits per heavy atom. The first-order valence-corrected chi connectivity index (χ1v) is 9.62. The van der Waals surface area contributed by atoms with Crippen LogP contribution in [-0.2, 0) is 0 Å². The summed E-state index contributed by atoms with van der Waals surface area (Å²) in [6, 6.07) is 25.9. The summed E-state index contributed by atoms with van der Waals surface area (Å²) in [4.78, 5) is 2.32. The summed E-state index contributed by atoms with van der Waals surface area (Å²) in [5, 5.41) is 0. The van der Waals surface area contributed by atoms with Crippen molar-refractivity contribution in [1.82, 2.24) is 0 Å². The van der Waals surface area contributed by atoms with Crippen molar-refractivity contribution in [2.45, 2.75) is 20.8 Å². The van der Waals surface area contributed by atoms with Gasteiger partial charge in [0, 0.05) is 17.1 Å². The number of benzene rings is 3. The van der Waals surface area contributed by atoms with Gasteiger partial charge in [0.25, 0.3) is 0 Å². The van der Waals surface area contributed by atoms with Crippen molar-refractivity contribution in [2.75, 3.05) is 4.90 Å². The van der Waals surface area contributed by atoms with E-state index in [2.05, 4.69) is 110 Å². The Balaban J connectivity index is 2.10. The van der Waals surface area contributed by atoms with E-state index in [1.165, 1.54) is 22.4 Å². The highest BCUT2D eigenvalue weighted by atomic mass is 15.1. The fraction of sp³-hybridized carbons (Fsp3) is 0.111. The van der Waals surface area contributed by atoms with Crippen molar-refractivity contribution in [1.29, 1.82) is 0 Å². The number of hydrogen-bond acceptors (Lipinski definition) is 1. The Bertz CT molecular complexity index is 1010. The Morgan fingerprint density at radius 1 is 0.857 bits per heavy atom. The Labute approximate surface area is 169 Å². The van der Waals surface area contributed by atoms with Gasteiger partial charge in [0.2, 0.25) is 0 Å². The van der Waals surface area contributed by atoms with Gasteiger partial charge in [-0.25, -0.2) is 0 Å². The van der Waals surface area contributed by atoms with Crippen LogP contribution in [0.2, 0.25) is 0 Å². The molecular formula is C27H27N. The standard InChI is InChI=1S/C27H27N/c1-5-10-23(11-6-2)24-16-18-25(19-17-24)28(26-14-9-12-21(3)20-26)27-15-8-7-13-22(27)4/h5-20H,1H2,2-4H3/b11-6-,23-10+. The summed E-state index contributed by atoms with van der Waals surface area (Å²) < 4.78 is 0. The minimum Gasteiger partial charge on any atom is -0.310 e. The van der Waals surface area contributed by atoms with E-state index in [0.29, 0.717) is 0 Å². The van der Waals surface area contributed by atoms with Gasteiger partial charge in [0.15, 0.2) is 0 Å². The van der Waals surface area contributed by atoms with Gasteiger partial charge in [0.05, 0.1) is 0 Å². The summed E-state index contributed by atoms with van der Waals surface area (Å²) >= 11 is 0. The summed E-state index contributed by atoms with van der Waals surface area (Å²) in [7, 11) is 0. The third-order valence-electron chi connectivity index (χ3n) is 4.72. The Morgan fingerprint density at radius 3 is 2.25 bits per heavy atom. The van der Waals surface area contributed by atoms with Crippen molar-refractivity contribution in [3.63, 3.8) is 0 Å². The van der Waals surface area contributed by atoms with E-state index in [1.807, 2.05) is 19.1 Å². The molecule has 28 heavy (non-hydrogen) atoms. The van der Waals surface area contributed by atoms with Gasteiger partial charge in [-0.3, -0.25) is 0 Å². The van der Waals surface area contributed by atoms with Crippen LogP contribution in [0.3, 0.4) is 0 Å². The topological polar surface area (TPSA) is 3.24 Å². The average Bonchev–Trinajstić information content (AvgIpc) is 2.70. The molecule has 0 atom stereocenters. The average molecular weight is 366 g/mol. The van der Waals surface area contributed by atoms with E-state index < -0.39 is 0 Å². The van der Waals surface area contributed by atoms with Crippen LogP contribution in [0.1, 0.15) is 23.6 Å². The Kier molecular flexibility index (Phi) is 6.29. The maximum absolute atomic E-state index is 3.83. The van der Waals surface area contributed by atoms with Crippen LogP contribution < -0.4 is 4.90 Å². The molecule has 0 fully saturated rings. The van der Waals surface area contributed by atoms with Crippen LogP contribution in [-0.4, -0.2) is 0 Å². The molecule has 3 aromatic rings. The van der Waals surface area contributed by atoms with Crippen LogP contribution in [0.25, 0.3) is 5.57 Å². The Hall–Kier alpha value is -3.32. The van der Waals surface area contributed by atoms with E-state index in [4.69, 9.17) is 0 Å². The number of hydrogen-bond donors (Lipinski definition) is 0. The van der Waals surface area contributed by atoms with Gasteiger partial charge >= 0.3 is 0 Å². The molecule has 1 nitrogen and oxygen atoms in total. The quantitative estimate of drug-likeness (QED) is 0.401.